The van der Waals surface area contributed by atoms with Gasteiger partial charge in [0.25, 0.3) is 0 Å². The molecule has 0 saturated heterocycles. The summed E-state index contributed by atoms with van der Waals surface area (Å²) >= 11 is 11.7. The molecule has 0 aliphatic heterocycles. The van der Waals surface area contributed by atoms with Crippen LogP contribution >= 0.6 is 35.2 Å². The zero-order valence-corrected chi connectivity index (χ0v) is 13.3. The molecule has 0 aromatic carbocycles. The van der Waals surface area contributed by atoms with Crippen molar-refractivity contribution in [3.8, 4) is 0 Å². The fourth-order valence-electron chi connectivity index (χ4n) is 1.35. The Kier molecular flexibility index (Phi) is 5.54. The summed E-state index contributed by atoms with van der Waals surface area (Å²) in [5.74, 6) is 0. The van der Waals surface area contributed by atoms with Gasteiger partial charge in [-0.05, 0) is 25.0 Å². The van der Waals surface area contributed by atoms with Crippen LogP contribution in [0, 0.1) is 6.92 Å². The molecule has 1 heterocycles. The van der Waals surface area contributed by atoms with E-state index in [1.807, 2.05) is 6.92 Å². The molecule has 0 spiro atoms. The van der Waals surface area contributed by atoms with Gasteiger partial charge in [0.1, 0.15) is 4.21 Å². The van der Waals surface area contributed by atoms with E-state index in [4.69, 9.17) is 29.6 Å². The lowest BCUT2D eigenvalue weighted by Crippen LogP contribution is -2.36. The summed E-state index contributed by atoms with van der Waals surface area (Å²) in [6.45, 7) is 3.64. The molecule has 0 bridgehead atoms. The van der Waals surface area contributed by atoms with Gasteiger partial charge < -0.3 is 5.73 Å². The van der Waals surface area contributed by atoms with Crippen molar-refractivity contribution in [1.82, 2.24) is 4.72 Å². The second kappa shape index (κ2) is 6.29. The Morgan fingerprint density at radius 3 is 2.67 bits per heavy atom. The van der Waals surface area contributed by atoms with Crippen LogP contribution in [0.4, 0.5) is 0 Å². The molecule has 102 valence electrons. The van der Waals surface area contributed by atoms with Crippen LogP contribution in [-0.2, 0) is 10.0 Å². The second-order valence-corrected chi connectivity index (χ2v) is 8.04. The Hall–Kier alpha value is -0.210. The Morgan fingerprint density at radius 1 is 1.67 bits per heavy atom. The summed E-state index contributed by atoms with van der Waals surface area (Å²) in [7, 11) is -3.55. The van der Waals surface area contributed by atoms with Gasteiger partial charge in [-0.15, -0.1) is 11.3 Å². The third kappa shape index (κ3) is 4.17. The molecule has 4 nitrogen and oxygen atoms in total. The highest BCUT2D eigenvalue weighted by Gasteiger charge is 2.22. The van der Waals surface area contributed by atoms with Gasteiger partial charge >= 0.3 is 0 Å². The van der Waals surface area contributed by atoms with E-state index < -0.39 is 10.0 Å². The Morgan fingerprint density at radius 2 is 2.28 bits per heavy atom. The first-order valence-corrected chi connectivity index (χ1v) is 8.41. The largest absolute Gasteiger partial charge is 0.393 e. The molecule has 0 amide bonds. The van der Waals surface area contributed by atoms with Crippen molar-refractivity contribution in [2.75, 3.05) is 0 Å². The minimum absolute atomic E-state index is 0.214. The van der Waals surface area contributed by atoms with Gasteiger partial charge in [0.15, 0.2) is 0 Å². The monoisotopic (exact) mass is 326 g/mol. The maximum atomic E-state index is 12.1. The van der Waals surface area contributed by atoms with Crippen molar-refractivity contribution in [1.29, 1.82) is 0 Å². The van der Waals surface area contributed by atoms with Crippen molar-refractivity contribution < 1.29 is 8.42 Å². The Balaban J connectivity index is 2.90. The summed E-state index contributed by atoms with van der Waals surface area (Å²) in [5.41, 5.74) is 6.19. The number of rotatable bonds is 6. The summed E-state index contributed by atoms with van der Waals surface area (Å²) < 4.78 is 27.5. The van der Waals surface area contributed by atoms with Crippen LogP contribution in [0.3, 0.4) is 0 Å². The molecule has 8 heteroatoms. The number of hydrogen-bond donors (Lipinski definition) is 2. The van der Waals surface area contributed by atoms with Gasteiger partial charge in [-0.2, -0.15) is 0 Å². The van der Waals surface area contributed by atoms with Gasteiger partial charge in [-0.25, -0.2) is 13.1 Å². The van der Waals surface area contributed by atoms with E-state index in [2.05, 4.69) is 4.72 Å². The average molecular weight is 327 g/mol. The quantitative estimate of drug-likeness (QED) is 0.788. The summed E-state index contributed by atoms with van der Waals surface area (Å²) in [6.07, 6.45) is 0.970. The summed E-state index contributed by atoms with van der Waals surface area (Å²) in [6, 6.07) is 1.27. The normalized spacial score (nSPS) is 13.5. The minimum atomic E-state index is -3.55. The number of thiophene rings is 1. The van der Waals surface area contributed by atoms with Crippen LogP contribution in [-0.4, -0.2) is 19.4 Å². The van der Waals surface area contributed by atoms with E-state index in [0.29, 0.717) is 22.2 Å². The van der Waals surface area contributed by atoms with Crippen LogP contribution < -0.4 is 10.5 Å². The topological polar surface area (TPSA) is 72.2 Å². The van der Waals surface area contributed by atoms with Gasteiger partial charge in [-0.3, -0.25) is 0 Å². The molecule has 0 radical (unpaired) electrons. The number of hydrogen-bond acceptors (Lipinski definition) is 4. The highest BCUT2D eigenvalue weighted by molar-refractivity contribution is 7.91. The van der Waals surface area contributed by atoms with Crippen molar-refractivity contribution in [3.63, 3.8) is 0 Å². The number of sulfonamides is 1. The van der Waals surface area contributed by atoms with Crippen molar-refractivity contribution >= 4 is 50.2 Å². The predicted molar refractivity (Wildman–Crippen MR) is 79.9 cm³/mol. The number of aryl methyl sites for hydroxylation is 1. The fourth-order valence-corrected chi connectivity index (χ4v) is 4.60. The molecular weight excluding hydrogens is 312 g/mol. The third-order valence-corrected chi connectivity index (χ3v) is 6.08. The summed E-state index contributed by atoms with van der Waals surface area (Å²) in [5, 5.41) is 0. The zero-order chi connectivity index (χ0) is 13.9. The minimum Gasteiger partial charge on any atom is -0.393 e. The SMILES string of the molecule is CCC(CC(N)=S)NS(=O)(=O)c1cc(C)c(Cl)s1. The van der Waals surface area contributed by atoms with Gasteiger partial charge in [0, 0.05) is 12.5 Å². The molecule has 1 rings (SSSR count). The molecular formula is C10H15ClN2O2S3. The molecule has 0 fully saturated rings. The average Bonchev–Trinajstić information content (AvgIpc) is 2.58. The molecule has 0 aliphatic carbocycles. The zero-order valence-electron chi connectivity index (χ0n) is 10.1. The Bertz CT molecular complexity index is 520. The number of halogens is 1. The van der Waals surface area contributed by atoms with Crippen molar-refractivity contribution in [3.05, 3.63) is 16.0 Å². The number of nitrogens with one attached hydrogen (secondary N) is 1. The summed E-state index contributed by atoms with van der Waals surface area (Å²) in [4.78, 5) is 0.296. The van der Waals surface area contributed by atoms with E-state index in [1.165, 1.54) is 0 Å². The first-order valence-electron chi connectivity index (χ1n) is 5.32. The molecule has 1 unspecified atom stereocenters. The fraction of sp³-hybridized carbons (Fsp3) is 0.500. The van der Waals surface area contributed by atoms with E-state index in [9.17, 15) is 8.42 Å². The lowest BCUT2D eigenvalue weighted by atomic mass is 10.2. The lowest BCUT2D eigenvalue weighted by Gasteiger charge is -2.15. The lowest BCUT2D eigenvalue weighted by molar-refractivity contribution is 0.548. The molecule has 1 aromatic heterocycles. The van der Waals surface area contributed by atoms with E-state index in [1.54, 1.807) is 13.0 Å². The molecule has 0 aliphatic rings. The van der Waals surface area contributed by atoms with Gasteiger partial charge in [0.05, 0.1) is 9.32 Å². The molecule has 3 N–H and O–H groups in total. The molecule has 0 saturated carbocycles. The van der Waals surface area contributed by atoms with Crippen LogP contribution in [0.2, 0.25) is 4.34 Å². The maximum absolute atomic E-state index is 12.1. The highest BCUT2D eigenvalue weighted by Crippen LogP contribution is 2.30. The molecule has 1 atom stereocenters. The van der Waals surface area contributed by atoms with Crippen molar-refractivity contribution in [2.45, 2.75) is 36.9 Å². The smallest absolute Gasteiger partial charge is 0.250 e. The van der Waals surface area contributed by atoms with E-state index >= 15 is 0 Å². The number of thiocarbonyl (C=S) groups is 1. The molecule has 1 aromatic rings. The third-order valence-electron chi connectivity index (χ3n) is 2.36. The van der Waals surface area contributed by atoms with Gasteiger partial charge in [-0.1, -0.05) is 30.7 Å². The first kappa shape index (κ1) is 15.8. The molecule has 18 heavy (non-hydrogen) atoms. The van der Waals surface area contributed by atoms with E-state index in [-0.39, 0.29) is 10.3 Å². The van der Waals surface area contributed by atoms with E-state index in [0.717, 1.165) is 16.9 Å². The van der Waals surface area contributed by atoms with Crippen molar-refractivity contribution in [2.24, 2.45) is 5.73 Å². The Labute approximate surface area is 122 Å². The van der Waals surface area contributed by atoms with Gasteiger partial charge in [0.2, 0.25) is 10.0 Å². The van der Waals surface area contributed by atoms with Crippen LogP contribution in [0.15, 0.2) is 10.3 Å². The number of nitrogens with two attached hydrogens (primary N) is 1. The standard InChI is InChI=1S/C10H15ClN2O2S3/c1-3-7(5-8(12)16)13-18(14,15)9-4-6(2)10(11)17-9/h4,7,13H,3,5H2,1-2H3,(H2,12,16). The van der Waals surface area contributed by atoms with Crippen LogP contribution in [0.1, 0.15) is 25.3 Å². The highest BCUT2D eigenvalue weighted by atomic mass is 35.5. The second-order valence-electron chi connectivity index (χ2n) is 3.92. The predicted octanol–water partition coefficient (Wildman–Crippen LogP) is 2.44. The van der Waals surface area contributed by atoms with Crippen LogP contribution in [0.5, 0.6) is 0 Å². The first-order chi connectivity index (χ1) is 8.26. The van der Waals surface area contributed by atoms with Crippen LogP contribution in [0.25, 0.3) is 0 Å². The maximum Gasteiger partial charge on any atom is 0.250 e.